The van der Waals surface area contributed by atoms with Gasteiger partial charge in [0.1, 0.15) is 0 Å². The van der Waals surface area contributed by atoms with Crippen LogP contribution in [-0.2, 0) is 4.79 Å². The third-order valence-corrected chi connectivity index (χ3v) is 3.04. The molecule has 1 unspecified atom stereocenters. The lowest BCUT2D eigenvalue weighted by Crippen LogP contribution is -2.33. The van der Waals surface area contributed by atoms with Crippen molar-refractivity contribution in [3.8, 4) is 0 Å². The normalized spacial score (nSPS) is 11.9. The van der Waals surface area contributed by atoms with Crippen molar-refractivity contribution < 1.29 is 14.7 Å². The summed E-state index contributed by atoms with van der Waals surface area (Å²) in [7, 11) is 0. The van der Waals surface area contributed by atoms with Crippen LogP contribution in [0.1, 0.15) is 35.8 Å². The maximum atomic E-state index is 11.9. The second kappa shape index (κ2) is 7.09. The fourth-order valence-corrected chi connectivity index (χ4v) is 1.96. The van der Waals surface area contributed by atoms with E-state index in [9.17, 15) is 9.59 Å². The van der Waals surface area contributed by atoms with Crippen LogP contribution in [-0.4, -0.2) is 28.5 Å². The van der Waals surface area contributed by atoms with Crippen molar-refractivity contribution in [3.63, 3.8) is 0 Å². The number of aliphatic carboxylic acids is 1. The maximum Gasteiger partial charge on any atom is 0.308 e. The van der Waals surface area contributed by atoms with E-state index >= 15 is 0 Å². The van der Waals surface area contributed by atoms with Crippen molar-refractivity contribution in [1.82, 2.24) is 10.3 Å². The lowest BCUT2D eigenvalue weighted by atomic mass is 10.0. The Morgan fingerprint density at radius 3 is 2.74 bits per heavy atom. The summed E-state index contributed by atoms with van der Waals surface area (Å²) in [5.74, 6) is -1.89. The Hall–Kier alpha value is -1.62. The molecule has 104 valence electrons. The molecule has 6 heteroatoms. The van der Waals surface area contributed by atoms with Gasteiger partial charge < -0.3 is 10.4 Å². The molecule has 2 N–H and O–H groups in total. The molecule has 0 saturated heterocycles. The van der Waals surface area contributed by atoms with Crippen LogP contribution < -0.4 is 5.32 Å². The average molecular weight is 285 g/mol. The number of aromatic nitrogens is 1. The van der Waals surface area contributed by atoms with Crippen molar-refractivity contribution in [1.29, 1.82) is 0 Å². The third-order valence-electron chi connectivity index (χ3n) is 2.73. The number of amides is 1. The first-order valence-corrected chi connectivity index (χ1v) is 6.46. The highest BCUT2D eigenvalue weighted by Crippen LogP contribution is 2.15. The van der Waals surface area contributed by atoms with E-state index in [2.05, 4.69) is 10.3 Å². The fraction of sp³-hybridized carbons (Fsp3) is 0.462. The Morgan fingerprint density at radius 1 is 1.53 bits per heavy atom. The predicted octanol–water partition coefficient (Wildman–Crippen LogP) is 2.27. The van der Waals surface area contributed by atoms with E-state index in [1.54, 1.807) is 13.0 Å². The summed E-state index contributed by atoms with van der Waals surface area (Å²) in [5.41, 5.74) is 0.976. The van der Waals surface area contributed by atoms with Crippen LogP contribution >= 0.6 is 11.6 Å². The Balaban J connectivity index is 2.66. The van der Waals surface area contributed by atoms with Crippen LogP contribution in [0, 0.1) is 12.8 Å². The van der Waals surface area contributed by atoms with Crippen LogP contribution in [0.4, 0.5) is 0 Å². The highest BCUT2D eigenvalue weighted by molar-refractivity contribution is 6.33. The minimum Gasteiger partial charge on any atom is -0.481 e. The first kappa shape index (κ1) is 15.4. The quantitative estimate of drug-likeness (QED) is 0.840. The predicted molar refractivity (Wildman–Crippen MR) is 72.4 cm³/mol. The van der Waals surface area contributed by atoms with Crippen molar-refractivity contribution >= 4 is 23.5 Å². The van der Waals surface area contributed by atoms with E-state index < -0.39 is 17.8 Å². The van der Waals surface area contributed by atoms with Gasteiger partial charge in [0.25, 0.3) is 5.91 Å². The van der Waals surface area contributed by atoms with Crippen molar-refractivity contribution in [2.45, 2.75) is 26.7 Å². The number of carboxylic acids is 1. The van der Waals surface area contributed by atoms with Gasteiger partial charge in [-0.05, 0) is 19.4 Å². The zero-order valence-electron chi connectivity index (χ0n) is 10.9. The van der Waals surface area contributed by atoms with Crippen molar-refractivity contribution in [2.24, 2.45) is 5.92 Å². The van der Waals surface area contributed by atoms with Crippen LogP contribution in [0.25, 0.3) is 0 Å². The van der Waals surface area contributed by atoms with Gasteiger partial charge in [-0.2, -0.15) is 0 Å². The molecule has 0 spiro atoms. The van der Waals surface area contributed by atoms with Gasteiger partial charge in [-0.25, -0.2) is 0 Å². The molecule has 0 aliphatic heterocycles. The van der Waals surface area contributed by atoms with E-state index in [1.165, 1.54) is 6.20 Å². The third kappa shape index (κ3) is 4.52. The fourth-order valence-electron chi connectivity index (χ4n) is 1.67. The summed E-state index contributed by atoms with van der Waals surface area (Å²) >= 11 is 5.95. The molecule has 1 aromatic rings. The molecule has 0 fully saturated rings. The number of halogens is 1. The number of nitrogens with zero attached hydrogens (tertiary/aromatic N) is 1. The molecule has 1 heterocycles. The van der Waals surface area contributed by atoms with Gasteiger partial charge in [0.15, 0.2) is 0 Å². The van der Waals surface area contributed by atoms with Gasteiger partial charge in [-0.3, -0.25) is 14.6 Å². The number of hydrogen-bond acceptors (Lipinski definition) is 3. The number of carbonyl (C=O) groups is 2. The summed E-state index contributed by atoms with van der Waals surface area (Å²) in [6.45, 7) is 3.76. The molecule has 0 saturated carbocycles. The van der Waals surface area contributed by atoms with Crippen LogP contribution in [0.15, 0.2) is 12.3 Å². The monoisotopic (exact) mass is 284 g/mol. The van der Waals surface area contributed by atoms with E-state index in [0.717, 1.165) is 12.1 Å². The van der Waals surface area contributed by atoms with Gasteiger partial charge in [0.2, 0.25) is 0 Å². The minimum atomic E-state index is -0.907. The number of hydrogen-bond donors (Lipinski definition) is 2. The lowest BCUT2D eigenvalue weighted by Gasteiger charge is -2.12. The molecule has 0 aliphatic carbocycles. The molecule has 1 atom stereocenters. The molecule has 0 aromatic carbocycles. The van der Waals surface area contributed by atoms with Gasteiger partial charge in [0, 0.05) is 18.4 Å². The summed E-state index contributed by atoms with van der Waals surface area (Å²) < 4.78 is 0. The number of nitrogens with one attached hydrogen (secondary N) is 1. The SMILES string of the molecule is CCCC(CNC(=O)c1cnc(C)cc1Cl)C(=O)O. The van der Waals surface area contributed by atoms with Gasteiger partial charge in [-0.15, -0.1) is 0 Å². The molecule has 0 bridgehead atoms. The molecule has 5 nitrogen and oxygen atoms in total. The standard InChI is InChI=1S/C13H17ClN2O3/c1-3-4-9(13(18)19)6-16-12(17)10-7-15-8(2)5-11(10)14/h5,7,9H,3-4,6H2,1-2H3,(H,16,17)(H,18,19). The number of carboxylic acid groups (broad SMARTS) is 1. The number of rotatable bonds is 6. The summed E-state index contributed by atoms with van der Waals surface area (Å²) in [5, 5.41) is 11.9. The van der Waals surface area contributed by atoms with E-state index in [4.69, 9.17) is 16.7 Å². The molecular formula is C13H17ClN2O3. The molecule has 19 heavy (non-hydrogen) atoms. The second-order valence-corrected chi connectivity index (χ2v) is 4.75. The Bertz CT molecular complexity index is 477. The Kier molecular flexibility index (Phi) is 5.76. The van der Waals surface area contributed by atoms with E-state index in [-0.39, 0.29) is 12.1 Å². The van der Waals surface area contributed by atoms with Crippen LogP contribution in [0.5, 0.6) is 0 Å². The summed E-state index contributed by atoms with van der Waals surface area (Å²) in [6, 6.07) is 1.59. The molecule has 1 aromatic heterocycles. The zero-order valence-corrected chi connectivity index (χ0v) is 11.7. The number of carbonyl (C=O) groups excluding carboxylic acids is 1. The Labute approximate surface area is 117 Å². The Morgan fingerprint density at radius 2 is 2.21 bits per heavy atom. The number of pyridine rings is 1. The summed E-state index contributed by atoms with van der Waals surface area (Å²) in [6.07, 6.45) is 2.66. The zero-order chi connectivity index (χ0) is 14.4. The van der Waals surface area contributed by atoms with Crippen molar-refractivity contribution in [3.05, 3.63) is 28.5 Å². The molecule has 0 aliphatic rings. The molecule has 0 radical (unpaired) electrons. The first-order chi connectivity index (χ1) is 8.95. The second-order valence-electron chi connectivity index (χ2n) is 4.34. The van der Waals surface area contributed by atoms with Gasteiger partial charge >= 0.3 is 5.97 Å². The topological polar surface area (TPSA) is 79.3 Å². The van der Waals surface area contributed by atoms with Crippen LogP contribution in [0.2, 0.25) is 5.02 Å². The van der Waals surface area contributed by atoms with Gasteiger partial charge in [0.05, 0.1) is 16.5 Å². The van der Waals surface area contributed by atoms with Gasteiger partial charge in [-0.1, -0.05) is 24.9 Å². The molecule has 1 rings (SSSR count). The average Bonchev–Trinajstić information content (AvgIpc) is 2.33. The highest BCUT2D eigenvalue weighted by Gasteiger charge is 2.18. The van der Waals surface area contributed by atoms with E-state index in [0.29, 0.717) is 11.4 Å². The molecular weight excluding hydrogens is 268 g/mol. The van der Waals surface area contributed by atoms with Crippen molar-refractivity contribution in [2.75, 3.05) is 6.54 Å². The molecule has 1 amide bonds. The minimum absolute atomic E-state index is 0.0895. The number of aryl methyl sites for hydroxylation is 1. The first-order valence-electron chi connectivity index (χ1n) is 6.08. The largest absolute Gasteiger partial charge is 0.481 e. The lowest BCUT2D eigenvalue weighted by molar-refractivity contribution is -0.141. The smallest absolute Gasteiger partial charge is 0.308 e. The summed E-state index contributed by atoms with van der Waals surface area (Å²) in [4.78, 5) is 26.8. The highest BCUT2D eigenvalue weighted by atomic mass is 35.5. The van der Waals surface area contributed by atoms with Crippen LogP contribution in [0.3, 0.4) is 0 Å². The van der Waals surface area contributed by atoms with E-state index in [1.807, 2.05) is 6.92 Å². The maximum absolute atomic E-state index is 11.9.